The van der Waals surface area contributed by atoms with Crippen molar-refractivity contribution in [2.24, 2.45) is 17.8 Å². The van der Waals surface area contributed by atoms with Gasteiger partial charge in [-0.15, -0.1) is 0 Å². The maximum Gasteiger partial charge on any atom is 0.475 e. The summed E-state index contributed by atoms with van der Waals surface area (Å²) in [6.07, 6.45) is 9.81. The maximum absolute atomic E-state index is 12.3. The molecule has 0 radical (unpaired) electrons. The number of nitrogens with one attached hydrogen (secondary N) is 1. The minimum atomic E-state index is -1.47. The number of rotatable bonds is 9. The fraction of sp³-hybridized carbons (Fsp3) is 0.941. The Hall–Kier alpha value is -0.545. The van der Waals surface area contributed by atoms with E-state index in [0.29, 0.717) is 18.3 Å². The molecule has 3 atom stereocenters. The summed E-state index contributed by atoms with van der Waals surface area (Å²) < 4.78 is 0. The second kappa shape index (κ2) is 10.3. The lowest BCUT2D eigenvalue weighted by atomic mass is 9.71. The van der Waals surface area contributed by atoms with Crippen molar-refractivity contribution >= 4 is 13.0 Å². The minimum absolute atomic E-state index is 0.0446. The zero-order valence-electron chi connectivity index (χ0n) is 14.6. The van der Waals surface area contributed by atoms with Gasteiger partial charge in [0.15, 0.2) is 0 Å². The van der Waals surface area contributed by atoms with Gasteiger partial charge in [-0.2, -0.15) is 0 Å². The van der Waals surface area contributed by atoms with Crippen molar-refractivity contribution in [2.75, 3.05) is 0 Å². The second-order valence-electron chi connectivity index (χ2n) is 7.30. The Morgan fingerprint density at radius 3 is 2.41 bits per heavy atom. The maximum atomic E-state index is 12.3. The molecule has 0 heterocycles. The molecule has 0 unspecified atom stereocenters. The van der Waals surface area contributed by atoms with Gasteiger partial charge in [0.2, 0.25) is 5.91 Å². The fourth-order valence-corrected chi connectivity index (χ4v) is 3.68. The zero-order chi connectivity index (χ0) is 16.5. The van der Waals surface area contributed by atoms with Crippen molar-refractivity contribution < 1.29 is 14.8 Å². The molecule has 0 aromatic carbocycles. The summed E-state index contributed by atoms with van der Waals surface area (Å²) in [7, 11) is -1.47. The Morgan fingerprint density at radius 2 is 1.86 bits per heavy atom. The fourth-order valence-electron chi connectivity index (χ4n) is 3.68. The van der Waals surface area contributed by atoms with Gasteiger partial charge in [-0.05, 0) is 24.7 Å². The first-order chi connectivity index (χ1) is 10.4. The molecule has 0 saturated heterocycles. The Kier molecular flexibility index (Phi) is 9.10. The summed E-state index contributed by atoms with van der Waals surface area (Å²) in [5.74, 6) is 0.391. The molecule has 4 nitrogen and oxygen atoms in total. The molecule has 0 aromatic heterocycles. The van der Waals surface area contributed by atoms with Gasteiger partial charge < -0.3 is 15.4 Å². The third-order valence-electron chi connectivity index (χ3n) is 4.98. The van der Waals surface area contributed by atoms with Gasteiger partial charge in [-0.3, -0.25) is 4.79 Å². The lowest BCUT2D eigenvalue weighted by Crippen LogP contribution is -2.49. The topological polar surface area (TPSA) is 69.6 Å². The average molecular weight is 311 g/mol. The summed E-state index contributed by atoms with van der Waals surface area (Å²) in [6.45, 7) is 6.26. The van der Waals surface area contributed by atoms with Gasteiger partial charge in [0.1, 0.15) is 0 Å². The second-order valence-corrected chi connectivity index (χ2v) is 7.30. The molecular weight excluding hydrogens is 277 g/mol. The van der Waals surface area contributed by atoms with Crippen LogP contribution in [0.3, 0.4) is 0 Å². The third-order valence-corrected chi connectivity index (χ3v) is 4.98. The summed E-state index contributed by atoms with van der Waals surface area (Å²) in [4.78, 5) is 12.3. The minimum Gasteiger partial charge on any atom is -0.426 e. The summed E-state index contributed by atoms with van der Waals surface area (Å²) in [6, 6.07) is 0. The van der Waals surface area contributed by atoms with Crippen LogP contribution in [0.5, 0.6) is 0 Å². The van der Waals surface area contributed by atoms with Crippen molar-refractivity contribution in [1.29, 1.82) is 0 Å². The number of hydrogen-bond donors (Lipinski definition) is 3. The lowest BCUT2D eigenvalue weighted by Gasteiger charge is -2.28. The molecular formula is C17H34BNO3. The normalized spacial score (nSPS) is 20.2. The van der Waals surface area contributed by atoms with E-state index in [1.165, 1.54) is 19.3 Å². The Labute approximate surface area is 136 Å². The molecule has 0 spiro atoms. The van der Waals surface area contributed by atoms with E-state index in [0.717, 1.165) is 32.1 Å². The van der Waals surface area contributed by atoms with Gasteiger partial charge in [-0.25, -0.2) is 0 Å². The summed E-state index contributed by atoms with van der Waals surface area (Å²) in [5.41, 5.74) is 0. The van der Waals surface area contributed by atoms with E-state index in [4.69, 9.17) is 0 Å². The van der Waals surface area contributed by atoms with Crippen molar-refractivity contribution in [1.82, 2.24) is 5.32 Å². The molecule has 1 aliphatic carbocycles. The molecule has 1 saturated carbocycles. The van der Waals surface area contributed by atoms with Crippen molar-refractivity contribution in [3.05, 3.63) is 0 Å². The smallest absolute Gasteiger partial charge is 0.426 e. The van der Waals surface area contributed by atoms with Crippen LogP contribution in [0, 0.1) is 17.8 Å². The molecule has 0 aromatic rings. The highest BCUT2D eigenvalue weighted by Crippen LogP contribution is 2.27. The van der Waals surface area contributed by atoms with Gasteiger partial charge in [-0.1, -0.05) is 65.7 Å². The van der Waals surface area contributed by atoms with Gasteiger partial charge in [0, 0.05) is 5.92 Å². The molecule has 1 rings (SSSR count). The molecule has 0 bridgehead atoms. The van der Waals surface area contributed by atoms with E-state index in [2.05, 4.69) is 19.2 Å². The Morgan fingerprint density at radius 1 is 1.23 bits per heavy atom. The van der Waals surface area contributed by atoms with Crippen molar-refractivity contribution in [3.63, 3.8) is 0 Å². The van der Waals surface area contributed by atoms with Crippen LogP contribution in [0.1, 0.15) is 78.6 Å². The highest BCUT2D eigenvalue weighted by atomic mass is 16.4. The van der Waals surface area contributed by atoms with Crippen LogP contribution in [0.15, 0.2) is 0 Å². The zero-order valence-corrected chi connectivity index (χ0v) is 14.6. The number of hydrogen-bond acceptors (Lipinski definition) is 3. The number of amides is 1. The Bertz CT molecular complexity index is 319. The van der Waals surface area contributed by atoms with E-state index in [-0.39, 0.29) is 11.8 Å². The first kappa shape index (κ1) is 19.5. The largest absolute Gasteiger partial charge is 0.475 e. The van der Waals surface area contributed by atoms with E-state index >= 15 is 0 Å². The van der Waals surface area contributed by atoms with E-state index in [1.54, 1.807) is 0 Å². The van der Waals surface area contributed by atoms with Crippen LogP contribution in [0.25, 0.3) is 0 Å². The molecule has 5 heteroatoms. The Balaban J connectivity index is 2.45. The third kappa shape index (κ3) is 7.14. The number of carbonyl (C=O) groups is 1. The quantitative estimate of drug-likeness (QED) is 0.573. The van der Waals surface area contributed by atoms with Gasteiger partial charge in [0.05, 0.1) is 5.94 Å². The highest BCUT2D eigenvalue weighted by Gasteiger charge is 2.30. The molecule has 22 heavy (non-hydrogen) atoms. The highest BCUT2D eigenvalue weighted by molar-refractivity contribution is 6.43. The first-order valence-electron chi connectivity index (χ1n) is 9.10. The SMILES string of the molecule is CCC[C@@H](C)C[C@H](C)C(=O)N[C@@H](CC1CCCCC1)B(O)O. The summed E-state index contributed by atoms with van der Waals surface area (Å²) >= 11 is 0. The van der Waals surface area contributed by atoms with Crippen molar-refractivity contribution in [2.45, 2.75) is 84.5 Å². The van der Waals surface area contributed by atoms with Crippen LogP contribution >= 0.6 is 0 Å². The molecule has 1 amide bonds. The summed E-state index contributed by atoms with van der Waals surface area (Å²) in [5, 5.41) is 22.0. The van der Waals surface area contributed by atoms with E-state index < -0.39 is 13.1 Å². The monoisotopic (exact) mass is 311 g/mol. The van der Waals surface area contributed by atoms with E-state index in [9.17, 15) is 14.8 Å². The predicted octanol–water partition coefficient (Wildman–Crippen LogP) is 2.92. The molecule has 0 aliphatic heterocycles. The van der Waals surface area contributed by atoms with Crippen LogP contribution in [-0.4, -0.2) is 29.0 Å². The first-order valence-corrected chi connectivity index (χ1v) is 9.10. The molecule has 128 valence electrons. The standard InChI is InChI=1S/C17H34BNO3/c1-4-8-13(2)11-14(3)17(20)19-16(18(21)22)12-15-9-6-5-7-10-15/h13-16,21-22H,4-12H2,1-3H3,(H,19,20)/t13-,14+,16+/m1/s1. The van der Waals surface area contributed by atoms with Crippen LogP contribution < -0.4 is 5.32 Å². The lowest BCUT2D eigenvalue weighted by molar-refractivity contribution is -0.125. The van der Waals surface area contributed by atoms with E-state index in [1.807, 2.05) is 6.92 Å². The molecule has 3 N–H and O–H groups in total. The molecule has 1 aliphatic rings. The number of carbonyl (C=O) groups excluding carboxylic acids is 1. The van der Waals surface area contributed by atoms with Gasteiger partial charge in [0.25, 0.3) is 0 Å². The van der Waals surface area contributed by atoms with Crippen LogP contribution in [0.4, 0.5) is 0 Å². The molecule has 1 fully saturated rings. The van der Waals surface area contributed by atoms with Crippen LogP contribution in [-0.2, 0) is 4.79 Å². The van der Waals surface area contributed by atoms with Crippen molar-refractivity contribution in [3.8, 4) is 0 Å². The predicted molar refractivity (Wildman–Crippen MR) is 91.2 cm³/mol. The van der Waals surface area contributed by atoms with Crippen LogP contribution in [0.2, 0.25) is 0 Å². The average Bonchev–Trinajstić information content (AvgIpc) is 2.47. The van der Waals surface area contributed by atoms with Gasteiger partial charge >= 0.3 is 7.12 Å².